The van der Waals surface area contributed by atoms with Gasteiger partial charge in [0.2, 0.25) is 5.95 Å². The lowest BCUT2D eigenvalue weighted by Crippen LogP contribution is -2.23. The van der Waals surface area contributed by atoms with E-state index in [0.29, 0.717) is 5.65 Å². The summed E-state index contributed by atoms with van der Waals surface area (Å²) >= 11 is 0. The van der Waals surface area contributed by atoms with E-state index in [0.717, 1.165) is 24.1 Å². The molecule has 1 atom stereocenters. The molecule has 0 aromatic carbocycles. The second kappa shape index (κ2) is 3.99. The molecule has 6 heteroatoms. The van der Waals surface area contributed by atoms with Gasteiger partial charge >= 0.3 is 0 Å². The lowest BCUT2D eigenvalue weighted by Gasteiger charge is -2.24. The highest BCUT2D eigenvalue weighted by atomic mass is 19.1. The van der Waals surface area contributed by atoms with Crippen molar-refractivity contribution in [2.24, 2.45) is 0 Å². The first-order chi connectivity index (χ1) is 11.0. The van der Waals surface area contributed by atoms with Crippen molar-refractivity contribution in [3.05, 3.63) is 47.4 Å². The van der Waals surface area contributed by atoms with E-state index in [2.05, 4.69) is 39.9 Å². The standard InChI is InChI=1S/C17H18FN5/c1-16(5-6-16)22-10-12(9-20-22)17(2)4-3-11-8-19-14-7-13(18)21-23(14)15(11)17/h7-10H,3-6H2,1-2H3. The molecule has 3 aromatic rings. The summed E-state index contributed by atoms with van der Waals surface area (Å²) in [6, 6.07) is 1.38. The van der Waals surface area contributed by atoms with E-state index in [1.807, 2.05) is 12.4 Å². The van der Waals surface area contributed by atoms with Crippen molar-refractivity contribution >= 4 is 5.65 Å². The Labute approximate surface area is 133 Å². The summed E-state index contributed by atoms with van der Waals surface area (Å²) < 4.78 is 17.4. The van der Waals surface area contributed by atoms with Gasteiger partial charge in [0.15, 0.2) is 5.65 Å². The zero-order valence-corrected chi connectivity index (χ0v) is 13.3. The number of aromatic nitrogens is 5. The summed E-state index contributed by atoms with van der Waals surface area (Å²) in [6.07, 6.45) is 10.2. The molecule has 23 heavy (non-hydrogen) atoms. The molecule has 1 unspecified atom stereocenters. The molecule has 1 fully saturated rings. The van der Waals surface area contributed by atoms with E-state index < -0.39 is 5.95 Å². The van der Waals surface area contributed by atoms with Crippen LogP contribution in [0.3, 0.4) is 0 Å². The molecule has 2 aliphatic carbocycles. The van der Waals surface area contributed by atoms with Gasteiger partial charge in [-0.2, -0.15) is 9.49 Å². The van der Waals surface area contributed by atoms with Crippen molar-refractivity contribution in [3.8, 4) is 0 Å². The van der Waals surface area contributed by atoms with Crippen molar-refractivity contribution in [2.45, 2.75) is 50.5 Å². The Hall–Kier alpha value is -2.24. The second-order valence-corrected chi connectivity index (χ2v) is 7.37. The van der Waals surface area contributed by atoms with E-state index in [1.165, 1.54) is 24.5 Å². The van der Waals surface area contributed by atoms with Gasteiger partial charge in [0.25, 0.3) is 0 Å². The van der Waals surface area contributed by atoms with Crippen LogP contribution in [-0.2, 0) is 17.4 Å². The fourth-order valence-electron chi connectivity index (χ4n) is 3.81. The summed E-state index contributed by atoms with van der Waals surface area (Å²) in [6.45, 7) is 4.44. The summed E-state index contributed by atoms with van der Waals surface area (Å²) in [5, 5.41) is 8.63. The van der Waals surface area contributed by atoms with Crippen LogP contribution in [0.1, 0.15) is 49.9 Å². The number of nitrogens with zero attached hydrogens (tertiary/aromatic N) is 5. The highest BCUT2D eigenvalue weighted by Gasteiger charge is 2.43. The topological polar surface area (TPSA) is 48.0 Å². The summed E-state index contributed by atoms with van der Waals surface area (Å²) in [4.78, 5) is 4.33. The largest absolute Gasteiger partial charge is 0.267 e. The monoisotopic (exact) mass is 311 g/mol. The van der Waals surface area contributed by atoms with Crippen LogP contribution in [0.5, 0.6) is 0 Å². The van der Waals surface area contributed by atoms with Crippen LogP contribution in [0.4, 0.5) is 4.39 Å². The van der Waals surface area contributed by atoms with Crippen LogP contribution in [0, 0.1) is 5.95 Å². The minimum absolute atomic E-state index is 0.182. The zero-order chi connectivity index (χ0) is 15.8. The van der Waals surface area contributed by atoms with Crippen LogP contribution in [0.15, 0.2) is 24.7 Å². The summed E-state index contributed by atoms with van der Waals surface area (Å²) in [7, 11) is 0. The van der Waals surface area contributed by atoms with Gasteiger partial charge in [0.05, 0.1) is 17.4 Å². The van der Waals surface area contributed by atoms with Crippen LogP contribution in [-0.4, -0.2) is 24.4 Å². The zero-order valence-electron chi connectivity index (χ0n) is 13.3. The van der Waals surface area contributed by atoms with Crippen LogP contribution in [0.2, 0.25) is 0 Å². The lowest BCUT2D eigenvalue weighted by atomic mass is 9.82. The highest BCUT2D eigenvalue weighted by Crippen LogP contribution is 2.46. The van der Waals surface area contributed by atoms with Gasteiger partial charge < -0.3 is 0 Å². The predicted molar refractivity (Wildman–Crippen MR) is 82.8 cm³/mol. The van der Waals surface area contributed by atoms with Crippen molar-refractivity contribution in [1.29, 1.82) is 0 Å². The van der Waals surface area contributed by atoms with Crippen LogP contribution < -0.4 is 0 Å². The Morgan fingerprint density at radius 1 is 1.17 bits per heavy atom. The fraction of sp³-hybridized carbons (Fsp3) is 0.471. The van der Waals surface area contributed by atoms with Gasteiger partial charge in [-0.3, -0.25) is 4.68 Å². The average Bonchev–Trinajstić information content (AvgIpc) is 2.95. The van der Waals surface area contributed by atoms with Gasteiger partial charge in [-0.25, -0.2) is 9.50 Å². The molecule has 0 aliphatic heterocycles. The number of hydrogen-bond donors (Lipinski definition) is 0. The minimum atomic E-state index is -0.485. The fourth-order valence-corrected chi connectivity index (χ4v) is 3.81. The van der Waals surface area contributed by atoms with Gasteiger partial charge in [-0.05, 0) is 45.1 Å². The SMILES string of the molecule is CC1(c2cnn(C3(C)CC3)c2)CCc2cnc3cc(F)nn3c21. The van der Waals surface area contributed by atoms with Crippen molar-refractivity contribution in [1.82, 2.24) is 24.4 Å². The molecule has 1 saturated carbocycles. The van der Waals surface area contributed by atoms with Gasteiger partial charge in [-0.15, -0.1) is 5.10 Å². The normalized spacial score (nSPS) is 25.0. The first kappa shape index (κ1) is 13.2. The Bertz CT molecular complexity index is 936. The molecule has 0 amide bonds. The van der Waals surface area contributed by atoms with Crippen LogP contribution >= 0.6 is 0 Å². The highest BCUT2D eigenvalue weighted by molar-refractivity contribution is 5.48. The molecule has 3 aromatic heterocycles. The average molecular weight is 311 g/mol. The molecule has 0 bridgehead atoms. The summed E-state index contributed by atoms with van der Waals surface area (Å²) in [5.41, 5.74) is 3.91. The van der Waals surface area contributed by atoms with Crippen molar-refractivity contribution in [3.63, 3.8) is 0 Å². The Morgan fingerprint density at radius 3 is 2.78 bits per heavy atom. The third-order valence-electron chi connectivity index (χ3n) is 5.69. The van der Waals surface area contributed by atoms with E-state index >= 15 is 0 Å². The maximum atomic E-state index is 13.6. The minimum Gasteiger partial charge on any atom is -0.267 e. The van der Waals surface area contributed by atoms with E-state index in [4.69, 9.17) is 0 Å². The predicted octanol–water partition coefficient (Wildman–Crippen LogP) is 2.83. The first-order valence-electron chi connectivity index (χ1n) is 8.09. The Morgan fingerprint density at radius 2 is 2.00 bits per heavy atom. The molecular weight excluding hydrogens is 293 g/mol. The number of hydrogen-bond acceptors (Lipinski definition) is 3. The molecule has 5 rings (SSSR count). The van der Waals surface area contributed by atoms with E-state index in [-0.39, 0.29) is 11.0 Å². The van der Waals surface area contributed by atoms with Crippen molar-refractivity contribution in [2.75, 3.05) is 0 Å². The third kappa shape index (κ3) is 1.69. The number of rotatable bonds is 2. The quantitative estimate of drug-likeness (QED) is 0.731. The van der Waals surface area contributed by atoms with Gasteiger partial charge in [0.1, 0.15) is 0 Å². The molecule has 0 spiro atoms. The Balaban J connectivity index is 1.70. The van der Waals surface area contributed by atoms with E-state index in [9.17, 15) is 4.39 Å². The first-order valence-corrected chi connectivity index (χ1v) is 8.09. The van der Waals surface area contributed by atoms with Crippen LogP contribution in [0.25, 0.3) is 5.65 Å². The number of halogens is 1. The molecule has 118 valence electrons. The third-order valence-corrected chi connectivity index (χ3v) is 5.69. The smallest absolute Gasteiger partial charge is 0.235 e. The Kier molecular flexibility index (Phi) is 2.29. The van der Waals surface area contributed by atoms with Gasteiger partial charge in [0, 0.05) is 29.4 Å². The molecule has 5 nitrogen and oxygen atoms in total. The molecule has 2 aliphatic rings. The molecule has 0 N–H and O–H groups in total. The second-order valence-electron chi connectivity index (χ2n) is 7.37. The molecular formula is C17H18FN5. The van der Waals surface area contributed by atoms with E-state index in [1.54, 1.807) is 4.52 Å². The summed E-state index contributed by atoms with van der Waals surface area (Å²) in [5.74, 6) is -0.485. The van der Waals surface area contributed by atoms with Crippen molar-refractivity contribution < 1.29 is 4.39 Å². The number of aryl methyl sites for hydroxylation is 1. The molecule has 0 radical (unpaired) electrons. The lowest BCUT2D eigenvalue weighted by molar-refractivity contribution is 0.469. The molecule has 3 heterocycles. The molecule has 0 saturated heterocycles. The maximum Gasteiger partial charge on any atom is 0.235 e. The van der Waals surface area contributed by atoms with Gasteiger partial charge in [-0.1, -0.05) is 0 Å². The maximum absolute atomic E-state index is 13.6. The number of fused-ring (bicyclic) bond motifs is 3.